The van der Waals surface area contributed by atoms with Crippen LogP contribution in [0.2, 0.25) is 0 Å². The Morgan fingerprint density at radius 1 is 0.370 bits per heavy atom. The summed E-state index contributed by atoms with van der Waals surface area (Å²) in [6.07, 6.45) is 0. The van der Waals surface area contributed by atoms with Crippen molar-refractivity contribution in [2.24, 2.45) is 0 Å². The highest BCUT2D eigenvalue weighted by molar-refractivity contribution is 6.05. The van der Waals surface area contributed by atoms with Gasteiger partial charge in [-0.2, -0.15) is 0 Å². The number of fused-ring (bicyclic) bond motifs is 3. The van der Waals surface area contributed by atoms with E-state index < -0.39 is 0 Å². The van der Waals surface area contributed by atoms with E-state index in [2.05, 4.69) is 159 Å². The van der Waals surface area contributed by atoms with Crippen LogP contribution < -0.4 is 0 Å². The van der Waals surface area contributed by atoms with Crippen molar-refractivity contribution >= 4 is 21.8 Å². The summed E-state index contributed by atoms with van der Waals surface area (Å²) in [6.45, 7) is 6.52. The predicted molar refractivity (Wildman–Crippen MR) is 224 cm³/mol. The number of nitrogens with zero attached hydrogens (tertiary/aromatic N) is 4. The maximum absolute atomic E-state index is 5.22. The molecule has 0 fully saturated rings. The standard InChI is InChI=1S/C50H38N4/c1-32(2)44-30-45(52-49-43(44)28-27-40-18-17-33(3)51-48(40)49)38-25-21-36(22-26-38)41-15-10-16-42(29-41)50-53-46(37-13-8-5-9-14-37)31-47(54-50)39-23-19-35(20-24-39)34-11-6-4-7-12-34/h4-32H,1-3H3. The van der Waals surface area contributed by atoms with Crippen LogP contribution in [-0.2, 0) is 0 Å². The fourth-order valence-corrected chi connectivity index (χ4v) is 7.24. The molecule has 0 atom stereocenters. The average molecular weight is 695 g/mol. The number of hydrogen-bond acceptors (Lipinski definition) is 4. The third-order valence-electron chi connectivity index (χ3n) is 10.2. The van der Waals surface area contributed by atoms with Gasteiger partial charge in [-0.15, -0.1) is 0 Å². The second-order valence-electron chi connectivity index (χ2n) is 14.2. The van der Waals surface area contributed by atoms with Gasteiger partial charge in [0.25, 0.3) is 0 Å². The Bertz CT molecular complexity index is 2770. The van der Waals surface area contributed by atoms with Crippen molar-refractivity contribution in [1.82, 2.24) is 19.9 Å². The molecule has 54 heavy (non-hydrogen) atoms. The van der Waals surface area contributed by atoms with Gasteiger partial charge < -0.3 is 0 Å². The van der Waals surface area contributed by atoms with E-state index >= 15 is 0 Å². The first-order valence-electron chi connectivity index (χ1n) is 18.5. The molecule has 4 heteroatoms. The van der Waals surface area contributed by atoms with Crippen LogP contribution in [0.15, 0.2) is 170 Å². The largest absolute Gasteiger partial charge is 0.251 e. The summed E-state index contributed by atoms with van der Waals surface area (Å²) in [5.41, 5.74) is 15.6. The van der Waals surface area contributed by atoms with E-state index in [9.17, 15) is 0 Å². The molecule has 0 aliphatic carbocycles. The minimum atomic E-state index is 0.343. The molecule has 0 bridgehead atoms. The number of aromatic nitrogens is 4. The van der Waals surface area contributed by atoms with Crippen molar-refractivity contribution in [2.45, 2.75) is 26.7 Å². The van der Waals surface area contributed by atoms with Gasteiger partial charge in [-0.3, -0.25) is 4.98 Å². The molecule has 0 amide bonds. The zero-order chi connectivity index (χ0) is 36.6. The van der Waals surface area contributed by atoms with E-state index in [0.717, 1.165) is 72.6 Å². The molecule has 3 aromatic heterocycles. The Kier molecular flexibility index (Phi) is 8.57. The number of aryl methyl sites for hydroxylation is 1. The van der Waals surface area contributed by atoms with Gasteiger partial charge in [0.2, 0.25) is 0 Å². The van der Waals surface area contributed by atoms with Gasteiger partial charge in [-0.1, -0.05) is 159 Å². The minimum absolute atomic E-state index is 0.343. The summed E-state index contributed by atoms with van der Waals surface area (Å²) in [4.78, 5) is 20.4. The fourth-order valence-electron chi connectivity index (χ4n) is 7.24. The highest BCUT2D eigenvalue weighted by Crippen LogP contribution is 2.35. The maximum Gasteiger partial charge on any atom is 0.160 e. The fraction of sp³-hybridized carbons (Fsp3) is 0.0800. The minimum Gasteiger partial charge on any atom is -0.251 e. The predicted octanol–water partition coefficient (Wildman–Crippen LogP) is 13.0. The normalized spacial score (nSPS) is 11.4. The third kappa shape index (κ3) is 6.44. The molecule has 0 unspecified atom stereocenters. The smallest absolute Gasteiger partial charge is 0.160 e. The van der Waals surface area contributed by atoms with E-state index in [-0.39, 0.29) is 0 Å². The van der Waals surface area contributed by atoms with E-state index in [1.54, 1.807) is 0 Å². The van der Waals surface area contributed by atoms with Crippen LogP contribution in [0.25, 0.3) is 89.2 Å². The Labute approximate surface area is 315 Å². The molecule has 0 aliphatic heterocycles. The van der Waals surface area contributed by atoms with Gasteiger partial charge in [0.05, 0.1) is 28.1 Å². The molecular weight excluding hydrogens is 657 g/mol. The molecule has 0 N–H and O–H groups in total. The number of benzene rings is 6. The molecule has 9 rings (SSSR count). The summed E-state index contributed by atoms with van der Waals surface area (Å²) in [5, 5.41) is 2.27. The van der Waals surface area contributed by atoms with Crippen molar-refractivity contribution in [2.75, 3.05) is 0 Å². The second-order valence-corrected chi connectivity index (χ2v) is 14.2. The van der Waals surface area contributed by atoms with Gasteiger partial charge in [-0.25, -0.2) is 15.0 Å². The molecule has 9 aromatic rings. The van der Waals surface area contributed by atoms with Crippen LogP contribution in [0, 0.1) is 6.92 Å². The number of hydrogen-bond donors (Lipinski definition) is 0. The lowest BCUT2D eigenvalue weighted by atomic mass is 9.94. The van der Waals surface area contributed by atoms with E-state index in [4.69, 9.17) is 19.9 Å². The molecule has 4 nitrogen and oxygen atoms in total. The van der Waals surface area contributed by atoms with E-state index in [1.807, 2.05) is 31.2 Å². The first kappa shape index (κ1) is 33.1. The van der Waals surface area contributed by atoms with Crippen LogP contribution in [-0.4, -0.2) is 19.9 Å². The van der Waals surface area contributed by atoms with Crippen molar-refractivity contribution in [3.8, 4) is 67.4 Å². The summed E-state index contributed by atoms with van der Waals surface area (Å²) >= 11 is 0. The Balaban J connectivity index is 1.08. The maximum atomic E-state index is 5.22. The highest BCUT2D eigenvalue weighted by atomic mass is 14.9. The zero-order valence-corrected chi connectivity index (χ0v) is 30.5. The molecule has 0 saturated heterocycles. The van der Waals surface area contributed by atoms with Gasteiger partial charge in [0, 0.05) is 38.7 Å². The highest BCUT2D eigenvalue weighted by Gasteiger charge is 2.15. The monoisotopic (exact) mass is 694 g/mol. The first-order chi connectivity index (χ1) is 26.5. The summed E-state index contributed by atoms with van der Waals surface area (Å²) < 4.78 is 0. The molecule has 0 aliphatic rings. The lowest BCUT2D eigenvalue weighted by molar-refractivity contribution is 0.875. The van der Waals surface area contributed by atoms with Crippen LogP contribution in [0.3, 0.4) is 0 Å². The first-order valence-corrected chi connectivity index (χ1v) is 18.5. The summed E-state index contributed by atoms with van der Waals surface area (Å²) in [6, 6.07) is 59.5. The summed E-state index contributed by atoms with van der Waals surface area (Å²) in [7, 11) is 0. The molecule has 0 radical (unpaired) electrons. The SMILES string of the molecule is Cc1ccc2ccc3c(C(C)C)cc(-c4ccc(-c5cccc(-c6nc(-c7ccccc7)cc(-c7ccc(-c8ccccc8)cc7)n6)c5)cc4)nc3c2n1. The van der Waals surface area contributed by atoms with E-state index in [0.29, 0.717) is 11.7 Å². The summed E-state index contributed by atoms with van der Waals surface area (Å²) in [5.74, 6) is 1.03. The van der Waals surface area contributed by atoms with Crippen LogP contribution >= 0.6 is 0 Å². The van der Waals surface area contributed by atoms with Gasteiger partial charge in [0.15, 0.2) is 5.82 Å². The second kappa shape index (κ2) is 14.0. The van der Waals surface area contributed by atoms with Crippen LogP contribution in [0.1, 0.15) is 31.0 Å². The Morgan fingerprint density at radius 3 is 1.52 bits per heavy atom. The Morgan fingerprint density at radius 2 is 0.870 bits per heavy atom. The van der Waals surface area contributed by atoms with Gasteiger partial charge in [-0.05, 0) is 64.9 Å². The molecule has 258 valence electrons. The van der Waals surface area contributed by atoms with Crippen molar-refractivity contribution in [1.29, 1.82) is 0 Å². The molecule has 3 heterocycles. The molecule has 0 saturated carbocycles. The average Bonchev–Trinajstić information content (AvgIpc) is 3.24. The lowest BCUT2D eigenvalue weighted by Crippen LogP contribution is -1.97. The number of pyridine rings is 2. The molecule has 6 aromatic carbocycles. The van der Waals surface area contributed by atoms with E-state index in [1.165, 1.54) is 22.1 Å². The van der Waals surface area contributed by atoms with Crippen molar-refractivity contribution < 1.29 is 0 Å². The third-order valence-corrected chi connectivity index (χ3v) is 10.2. The van der Waals surface area contributed by atoms with Crippen LogP contribution in [0.4, 0.5) is 0 Å². The quantitative estimate of drug-likeness (QED) is 0.156. The molecule has 0 spiro atoms. The number of rotatable bonds is 7. The van der Waals surface area contributed by atoms with Gasteiger partial charge in [0.1, 0.15) is 0 Å². The van der Waals surface area contributed by atoms with Gasteiger partial charge >= 0.3 is 0 Å². The topological polar surface area (TPSA) is 51.6 Å². The lowest BCUT2D eigenvalue weighted by Gasteiger charge is -2.14. The van der Waals surface area contributed by atoms with Crippen molar-refractivity contribution in [3.63, 3.8) is 0 Å². The Hall–Kier alpha value is -6.78. The van der Waals surface area contributed by atoms with Crippen LogP contribution in [0.5, 0.6) is 0 Å². The zero-order valence-electron chi connectivity index (χ0n) is 30.5. The van der Waals surface area contributed by atoms with Crippen molar-refractivity contribution in [3.05, 3.63) is 181 Å². The molecular formula is C50H38N4.